The van der Waals surface area contributed by atoms with Crippen molar-refractivity contribution < 1.29 is 4.79 Å². The molecule has 1 atom stereocenters. The molecule has 0 radical (unpaired) electrons. The predicted octanol–water partition coefficient (Wildman–Crippen LogP) is 1.63. The summed E-state index contributed by atoms with van der Waals surface area (Å²) in [4.78, 5) is 21.1. The minimum Gasteiger partial charge on any atom is -0.353 e. The fraction of sp³-hybridized carbons (Fsp3) is 0.600. The Morgan fingerprint density at radius 1 is 1.24 bits per heavy atom. The molecule has 2 aliphatic rings. The van der Waals surface area contributed by atoms with E-state index < -0.39 is 0 Å². The highest BCUT2D eigenvalue weighted by atomic mass is 79.9. The number of halogens is 1. The zero-order valence-corrected chi connectivity index (χ0v) is 13.7. The van der Waals surface area contributed by atoms with Crippen LogP contribution < -0.4 is 10.2 Å². The Morgan fingerprint density at radius 3 is 2.67 bits per heavy atom. The molecule has 5 nitrogen and oxygen atoms in total. The van der Waals surface area contributed by atoms with Gasteiger partial charge in [-0.05, 0) is 47.4 Å². The minimum absolute atomic E-state index is 0.0381. The zero-order chi connectivity index (χ0) is 14.7. The Bertz CT molecular complexity index is 479. The average molecular weight is 353 g/mol. The van der Waals surface area contributed by atoms with Crippen LogP contribution in [0.2, 0.25) is 0 Å². The Balaban J connectivity index is 1.54. The Labute approximate surface area is 133 Å². The Kier molecular flexibility index (Phi) is 4.75. The second kappa shape index (κ2) is 6.75. The molecule has 0 aromatic carbocycles. The molecule has 21 heavy (non-hydrogen) atoms. The second-order valence-corrected chi connectivity index (χ2v) is 6.57. The summed E-state index contributed by atoms with van der Waals surface area (Å²) in [5.41, 5.74) is 0. The van der Waals surface area contributed by atoms with Crippen LogP contribution in [0.15, 0.2) is 22.8 Å². The number of pyridine rings is 1. The molecule has 0 unspecified atom stereocenters. The van der Waals surface area contributed by atoms with Crippen molar-refractivity contribution in [3.8, 4) is 0 Å². The summed E-state index contributed by atoms with van der Waals surface area (Å²) >= 11 is 3.40. The molecule has 0 spiro atoms. The number of carbonyl (C=O) groups excluding carboxylic acids is 1. The van der Waals surface area contributed by atoms with Gasteiger partial charge >= 0.3 is 0 Å². The first-order valence-corrected chi connectivity index (χ1v) is 8.42. The lowest BCUT2D eigenvalue weighted by molar-refractivity contribution is -0.134. The van der Waals surface area contributed by atoms with E-state index in [4.69, 9.17) is 0 Å². The van der Waals surface area contributed by atoms with Crippen molar-refractivity contribution in [2.45, 2.75) is 25.3 Å². The monoisotopic (exact) mass is 352 g/mol. The Morgan fingerprint density at radius 2 is 2.05 bits per heavy atom. The molecule has 1 N–H and O–H groups in total. The van der Waals surface area contributed by atoms with Crippen LogP contribution in [-0.2, 0) is 4.79 Å². The van der Waals surface area contributed by atoms with E-state index >= 15 is 0 Å². The largest absolute Gasteiger partial charge is 0.353 e. The van der Waals surface area contributed by atoms with Crippen LogP contribution in [-0.4, -0.2) is 54.6 Å². The van der Waals surface area contributed by atoms with Crippen molar-refractivity contribution >= 4 is 27.7 Å². The summed E-state index contributed by atoms with van der Waals surface area (Å²) in [5, 5.41) is 3.34. The van der Waals surface area contributed by atoms with Gasteiger partial charge in [-0.2, -0.15) is 0 Å². The van der Waals surface area contributed by atoms with Crippen molar-refractivity contribution in [1.82, 2.24) is 15.2 Å². The van der Waals surface area contributed by atoms with Gasteiger partial charge in [-0.1, -0.05) is 6.42 Å². The van der Waals surface area contributed by atoms with E-state index in [0.29, 0.717) is 0 Å². The third-order valence-electron chi connectivity index (χ3n) is 4.24. The Hall–Kier alpha value is -1.14. The maximum Gasteiger partial charge on any atom is 0.239 e. The number of anilines is 1. The van der Waals surface area contributed by atoms with Crippen molar-refractivity contribution in [2.75, 3.05) is 37.6 Å². The van der Waals surface area contributed by atoms with Crippen LogP contribution in [0.4, 0.5) is 5.82 Å². The van der Waals surface area contributed by atoms with E-state index in [0.717, 1.165) is 55.9 Å². The molecule has 6 heteroatoms. The minimum atomic E-state index is 0.0381. The number of hydrogen-bond acceptors (Lipinski definition) is 4. The molecule has 1 amide bonds. The van der Waals surface area contributed by atoms with E-state index in [1.165, 1.54) is 6.42 Å². The van der Waals surface area contributed by atoms with Gasteiger partial charge in [-0.3, -0.25) is 4.79 Å². The van der Waals surface area contributed by atoms with Crippen LogP contribution >= 0.6 is 15.9 Å². The highest BCUT2D eigenvalue weighted by Crippen LogP contribution is 2.17. The van der Waals surface area contributed by atoms with Gasteiger partial charge in [-0.15, -0.1) is 0 Å². The molecule has 3 heterocycles. The summed E-state index contributed by atoms with van der Waals surface area (Å²) in [7, 11) is 0. The first-order valence-electron chi connectivity index (χ1n) is 7.63. The predicted molar refractivity (Wildman–Crippen MR) is 86.4 cm³/mol. The molecule has 3 rings (SSSR count). The molecule has 0 saturated carbocycles. The van der Waals surface area contributed by atoms with Gasteiger partial charge in [0.15, 0.2) is 0 Å². The number of nitrogens with one attached hydrogen (secondary N) is 1. The third kappa shape index (κ3) is 3.55. The van der Waals surface area contributed by atoms with Crippen LogP contribution in [0.25, 0.3) is 0 Å². The number of amides is 1. The summed E-state index contributed by atoms with van der Waals surface area (Å²) in [6.45, 7) is 4.25. The summed E-state index contributed by atoms with van der Waals surface area (Å²) in [6.07, 6.45) is 5.14. The van der Waals surface area contributed by atoms with Crippen LogP contribution in [0.5, 0.6) is 0 Å². The van der Waals surface area contributed by atoms with Gasteiger partial charge in [0.25, 0.3) is 0 Å². The number of aromatic nitrogens is 1. The van der Waals surface area contributed by atoms with Gasteiger partial charge in [0, 0.05) is 36.8 Å². The molecule has 1 aromatic heterocycles. The number of piperazine rings is 1. The number of carbonyl (C=O) groups is 1. The van der Waals surface area contributed by atoms with Crippen LogP contribution in [0.1, 0.15) is 19.3 Å². The first kappa shape index (κ1) is 14.8. The summed E-state index contributed by atoms with van der Waals surface area (Å²) in [6, 6.07) is 4.06. The molecule has 2 aliphatic heterocycles. The topological polar surface area (TPSA) is 48.5 Å². The molecular weight excluding hydrogens is 332 g/mol. The quantitative estimate of drug-likeness (QED) is 0.878. The lowest BCUT2D eigenvalue weighted by atomic mass is 10.0. The van der Waals surface area contributed by atoms with Gasteiger partial charge in [0.05, 0.1) is 6.04 Å². The normalized spacial score (nSPS) is 23.2. The molecule has 0 bridgehead atoms. The molecular formula is C15H21BrN4O. The van der Waals surface area contributed by atoms with E-state index in [2.05, 4.69) is 31.1 Å². The zero-order valence-electron chi connectivity index (χ0n) is 12.1. The molecule has 0 aliphatic carbocycles. The van der Waals surface area contributed by atoms with E-state index in [-0.39, 0.29) is 11.9 Å². The SMILES string of the molecule is O=C([C@@H]1CCCCN1)N1CCN(c2ccc(Br)cn2)CC1. The van der Waals surface area contributed by atoms with E-state index in [1.807, 2.05) is 23.2 Å². The highest BCUT2D eigenvalue weighted by molar-refractivity contribution is 9.10. The van der Waals surface area contributed by atoms with E-state index in [1.54, 1.807) is 0 Å². The fourth-order valence-corrected chi connectivity index (χ4v) is 3.23. The summed E-state index contributed by atoms with van der Waals surface area (Å²) in [5.74, 6) is 1.26. The molecule has 1 aromatic rings. The van der Waals surface area contributed by atoms with Crippen LogP contribution in [0.3, 0.4) is 0 Å². The number of hydrogen-bond donors (Lipinski definition) is 1. The maximum atomic E-state index is 12.5. The smallest absolute Gasteiger partial charge is 0.239 e. The lowest BCUT2D eigenvalue weighted by Crippen LogP contribution is -2.55. The van der Waals surface area contributed by atoms with Crippen LogP contribution in [0, 0.1) is 0 Å². The average Bonchev–Trinajstić information content (AvgIpc) is 2.56. The second-order valence-electron chi connectivity index (χ2n) is 5.65. The number of piperidine rings is 1. The van der Waals surface area contributed by atoms with Gasteiger partial charge in [0.1, 0.15) is 5.82 Å². The van der Waals surface area contributed by atoms with Crippen molar-refractivity contribution in [3.63, 3.8) is 0 Å². The van der Waals surface area contributed by atoms with Gasteiger partial charge in [0.2, 0.25) is 5.91 Å². The van der Waals surface area contributed by atoms with Crippen molar-refractivity contribution in [1.29, 1.82) is 0 Å². The van der Waals surface area contributed by atoms with Gasteiger partial charge in [-0.25, -0.2) is 4.98 Å². The number of rotatable bonds is 2. The third-order valence-corrected chi connectivity index (χ3v) is 4.70. The standard InChI is InChI=1S/C15H21BrN4O/c16-12-4-5-14(18-11-12)19-7-9-20(10-8-19)15(21)13-3-1-2-6-17-13/h4-5,11,13,17H,1-3,6-10H2/t13-/m0/s1. The molecule has 2 fully saturated rings. The van der Waals surface area contributed by atoms with E-state index in [9.17, 15) is 4.79 Å². The number of nitrogens with zero attached hydrogens (tertiary/aromatic N) is 3. The highest BCUT2D eigenvalue weighted by Gasteiger charge is 2.28. The van der Waals surface area contributed by atoms with Crippen molar-refractivity contribution in [3.05, 3.63) is 22.8 Å². The lowest BCUT2D eigenvalue weighted by Gasteiger charge is -2.37. The fourth-order valence-electron chi connectivity index (χ4n) is 2.99. The summed E-state index contributed by atoms with van der Waals surface area (Å²) < 4.78 is 0.989. The molecule has 114 valence electrons. The first-order chi connectivity index (χ1) is 10.2. The van der Waals surface area contributed by atoms with Crippen molar-refractivity contribution in [2.24, 2.45) is 0 Å². The maximum absolute atomic E-state index is 12.5. The molecule has 2 saturated heterocycles. The van der Waals surface area contributed by atoms with Gasteiger partial charge < -0.3 is 15.1 Å².